The Kier molecular flexibility index (Phi) is 5.65. The number of carbonyl (C=O) groups is 3. The average Bonchev–Trinajstić information content (AvgIpc) is 2.69. The Morgan fingerprint density at radius 2 is 1.21 bits per heavy atom. The van der Waals surface area contributed by atoms with E-state index in [4.69, 9.17) is 9.47 Å². The monoisotopic (exact) mass is 374 g/mol. The van der Waals surface area contributed by atoms with Crippen molar-refractivity contribution in [3.63, 3.8) is 0 Å². The SMILES string of the molecule is Cc1ccc(C(=O)Oc2ccc(C=O)c(OC(=O)c3ccc(C)cc3)c2)cc1. The van der Waals surface area contributed by atoms with Crippen LogP contribution in [0.4, 0.5) is 0 Å². The summed E-state index contributed by atoms with van der Waals surface area (Å²) in [4.78, 5) is 35.9. The molecular formula is C23H18O5. The van der Waals surface area contributed by atoms with Crippen LogP contribution >= 0.6 is 0 Å². The van der Waals surface area contributed by atoms with Gasteiger partial charge in [-0.2, -0.15) is 0 Å². The van der Waals surface area contributed by atoms with E-state index in [-0.39, 0.29) is 17.1 Å². The molecule has 0 amide bonds. The molecule has 5 heteroatoms. The van der Waals surface area contributed by atoms with Crippen LogP contribution in [0, 0.1) is 13.8 Å². The molecule has 0 atom stereocenters. The number of benzene rings is 3. The minimum absolute atomic E-state index is 0.0229. The number of esters is 2. The molecule has 0 saturated heterocycles. The maximum Gasteiger partial charge on any atom is 0.343 e. The van der Waals surface area contributed by atoms with Crippen LogP contribution in [0.3, 0.4) is 0 Å². The second kappa shape index (κ2) is 8.31. The summed E-state index contributed by atoms with van der Waals surface area (Å²) in [6.07, 6.45) is 0.573. The minimum atomic E-state index is -0.606. The molecule has 3 rings (SSSR count). The van der Waals surface area contributed by atoms with Gasteiger partial charge >= 0.3 is 11.9 Å². The smallest absolute Gasteiger partial charge is 0.343 e. The normalized spacial score (nSPS) is 10.2. The summed E-state index contributed by atoms with van der Waals surface area (Å²) in [6, 6.07) is 18.0. The van der Waals surface area contributed by atoms with Gasteiger partial charge in [0.1, 0.15) is 11.5 Å². The van der Waals surface area contributed by atoms with Gasteiger partial charge in [0.05, 0.1) is 16.7 Å². The Hall–Kier alpha value is -3.73. The van der Waals surface area contributed by atoms with E-state index in [2.05, 4.69) is 0 Å². The highest BCUT2D eigenvalue weighted by Crippen LogP contribution is 2.25. The Morgan fingerprint density at radius 3 is 1.71 bits per heavy atom. The van der Waals surface area contributed by atoms with E-state index in [1.54, 1.807) is 48.5 Å². The molecule has 3 aromatic rings. The summed E-state index contributed by atoms with van der Waals surface area (Å²) >= 11 is 0. The van der Waals surface area contributed by atoms with Crippen LogP contribution in [0.15, 0.2) is 66.7 Å². The number of aldehydes is 1. The predicted molar refractivity (Wildman–Crippen MR) is 104 cm³/mol. The third kappa shape index (κ3) is 4.51. The van der Waals surface area contributed by atoms with Crippen molar-refractivity contribution in [2.45, 2.75) is 13.8 Å². The molecule has 0 heterocycles. The van der Waals surface area contributed by atoms with E-state index >= 15 is 0 Å². The molecule has 5 nitrogen and oxygen atoms in total. The maximum absolute atomic E-state index is 12.3. The summed E-state index contributed by atoms with van der Waals surface area (Å²) in [5.41, 5.74) is 2.95. The lowest BCUT2D eigenvalue weighted by molar-refractivity contribution is 0.0732. The molecule has 0 aliphatic carbocycles. The van der Waals surface area contributed by atoms with Crippen molar-refractivity contribution >= 4 is 18.2 Å². The third-order valence-corrected chi connectivity index (χ3v) is 4.10. The van der Waals surface area contributed by atoms with Crippen LogP contribution in [0.1, 0.15) is 42.2 Å². The molecule has 0 aromatic heterocycles. The first-order valence-electron chi connectivity index (χ1n) is 8.63. The molecule has 0 N–H and O–H groups in total. The molecule has 0 spiro atoms. The van der Waals surface area contributed by atoms with Crippen LogP contribution in [0.5, 0.6) is 11.5 Å². The van der Waals surface area contributed by atoms with Gasteiger partial charge in [0, 0.05) is 6.07 Å². The highest BCUT2D eigenvalue weighted by Gasteiger charge is 2.15. The lowest BCUT2D eigenvalue weighted by Crippen LogP contribution is -2.11. The Balaban J connectivity index is 1.80. The quantitative estimate of drug-likeness (QED) is 0.372. The van der Waals surface area contributed by atoms with Crippen molar-refractivity contribution in [3.8, 4) is 11.5 Å². The van der Waals surface area contributed by atoms with E-state index in [1.807, 2.05) is 13.8 Å². The van der Waals surface area contributed by atoms with Crippen molar-refractivity contribution in [3.05, 3.63) is 94.5 Å². The first-order valence-corrected chi connectivity index (χ1v) is 8.63. The molecule has 140 valence electrons. The second-order valence-electron chi connectivity index (χ2n) is 6.33. The zero-order valence-corrected chi connectivity index (χ0v) is 15.5. The standard InChI is InChI=1S/C23H18O5/c1-15-3-7-17(8-4-15)22(25)27-20-12-11-19(14-24)21(13-20)28-23(26)18-9-5-16(2)6-10-18/h3-14H,1-2H3. The maximum atomic E-state index is 12.3. The van der Waals surface area contributed by atoms with Crippen LogP contribution in [0.25, 0.3) is 0 Å². The summed E-state index contributed by atoms with van der Waals surface area (Å²) in [6.45, 7) is 3.83. The molecule has 28 heavy (non-hydrogen) atoms. The van der Waals surface area contributed by atoms with Gasteiger partial charge in [0.25, 0.3) is 0 Å². The lowest BCUT2D eigenvalue weighted by atomic mass is 10.1. The van der Waals surface area contributed by atoms with Gasteiger partial charge in [0.15, 0.2) is 6.29 Å². The number of ether oxygens (including phenoxy) is 2. The largest absolute Gasteiger partial charge is 0.423 e. The van der Waals surface area contributed by atoms with E-state index in [1.165, 1.54) is 18.2 Å². The summed E-state index contributed by atoms with van der Waals surface area (Å²) in [5, 5.41) is 0. The van der Waals surface area contributed by atoms with Crippen LogP contribution in [-0.2, 0) is 0 Å². The topological polar surface area (TPSA) is 69.7 Å². The van der Waals surface area contributed by atoms with Crippen molar-refractivity contribution in [1.29, 1.82) is 0 Å². The molecular weight excluding hydrogens is 356 g/mol. The number of hydrogen-bond acceptors (Lipinski definition) is 5. The van der Waals surface area contributed by atoms with E-state index in [0.717, 1.165) is 11.1 Å². The van der Waals surface area contributed by atoms with Crippen LogP contribution < -0.4 is 9.47 Å². The minimum Gasteiger partial charge on any atom is -0.423 e. The number of rotatable bonds is 5. The fraction of sp³-hybridized carbons (Fsp3) is 0.0870. The van der Waals surface area contributed by atoms with Gasteiger partial charge in [-0.05, 0) is 50.2 Å². The summed E-state index contributed by atoms with van der Waals surface area (Å²) in [5.74, 6) is -0.961. The molecule has 0 fully saturated rings. The lowest BCUT2D eigenvalue weighted by Gasteiger charge is -2.10. The van der Waals surface area contributed by atoms with Crippen molar-refractivity contribution < 1.29 is 23.9 Å². The van der Waals surface area contributed by atoms with Crippen LogP contribution in [-0.4, -0.2) is 18.2 Å². The number of aryl methyl sites for hydroxylation is 2. The number of hydrogen-bond donors (Lipinski definition) is 0. The molecule has 0 unspecified atom stereocenters. The fourth-order valence-electron chi connectivity index (χ4n) is 2.47. The predicted octanol–water partition coefficient (Wildman–Crippen LogP) is 4.55. The summed E-state index contributed by atoms with van der Waals surface area (Å²) in [7, 11) is 0. The molecule has 3 aromatic carbocycles. The van der Waals surface area contributed by atoms with E-state index < -0.39 is 11.9 Å². The molecule has 0 aliphatic rings. The fourth-order valence-corrected chi connectivity index (χ4v) is 2.47. The van der Waals surface area contributed by atoms with Gasteiger partial charge in [-0.1, -0.05) is 35.4 Å². The zero-order chi connectivity index (χ0) is 20.1. The van der Waals surface area contributed by atoms with Crippen LogP contribution in [0.2, 0.25) is 0 Å². The highest BCUT2D eigenvalue weighted by atomic mass is 16.5. The van der Waals surface area contributed by atoms with Crippen molar-refractivity contribution in [2.75, 3.05) is 0 Å². The van der Waals surface area contributed by atoms with Gasteiger partial charge in [-0.3, -0.25) is 4.79 Å². The average molecular weight is 374 g/mol. The Morgan fingerprint density at radius 1 is 0.714 bits per heavy atom. The second-order valence-corrected chi connectivity index (χ2v) is 6.33. The highest BCUT2D eigenvalue weighted by molar-refractivity contribution is 5.93. The van der Waals surface area contributed by atoms with E-state index in [0.29, 0.717) is 17.4 Å². The summed E-state index contributed by atoms with van der Waals surface area (Å²) < 4.78 is 10.7. The third-order valence-electron chi connectivity index (χ3n) is 4.10. The van der Waals surface area contributed by atoms with Crippen molar-refractivity contribution in [1.82, 2.24) is 0 Å². The molecule has 0 radical (unpaired) electrons. The first kappa shape index (κ1) is 19.0. The Labute approximate surface area is 162 Å². The number of carbonyl (C=O) groups excluding carboxylic acids is 3. The van der Waals surface area contributed by atoms with Gasteiger partial charge in [-0.25, -0.2) is 9.59 Å². The first-order chi connectivity index (χ1) is 13.5. The molecule has 0 aliphatic heterocycles. The molecule has 0 bridgehead atoms. The van der Waals surface area contributed by atoms with Gasteiger partial charge in [0.2, 0.25) is 0 Å². The van der Waals surface area contributed by atoms with Crippen molar-refractivity contribution in [2.24, 2.45) is 0 Å². The van der Waals surface area contributed by atoms with Gasteiger partial charge in [-0.15, -0.1) is 0 Å². The molecule has 0 saturated carbocycles. The van der Waals surface area contributed by atoms with E-state index in [9.17, 15) is 14.4 Å². The Bertz CT molecular complexity index is 1020. The van der Waals surface area contributed by atoms with Gasteiger partial charge < -0.3 is 9.47 Å². The zero-order valence-electron chi connectivity index (χ0n) is 15.5.